The maximum Gasteiger partial charge on any atom is 0.0702 e. The summed E-state index contributed by atoms with van der Waals surface area (Å²) in [4.78, 5) is 4.36. The fourth-order valence-electron chi connectivity index (χ4n) is 2.86. The number of aromatic nitrogens is 1. The molecule has 0 aliphatic rings. The number of pyridine rings is 1. The number of hydrogen-bond donors (Lipinski definition) is 1. The minimum absolute atomic E-state index is 0.725. The van der Waals surface area contributed by atoms with Crippen LogP contribution in [0.5, 0.6) is 0 Å². The molecule has 2 heteroatoms. The molecule has 0 saturated heterocycles. The van der Waals surface area contributed by atoms with Crippen molar-refractivity contribution in [3.05, 3.63) is 42.1 Å². The van der Waals surface area contributed by atoms with Crippen LogP contribution >= 0.6 is 0 Å². The second-order valence-corrected chi connectivity index (χ2v) is 6.31. The Bertz CT molecular complexity index is 538. The maximum atomic E-state index is 4.36. The van der Waals surface area contributed by atoms with Crippen LogP contribution in [0.2, 0.25) is 0 Å². The Morgan fingerprint density at radius 1 is 1.05 bits per heavy atom. The Balaban J connectivity index is 1.95. The molecule has 0 spiro atoms. The molecule has 2 aromatic rings. The van der Waals surface area contributed by atoms with Crippen molar-refractivity contribution in [1.82, 2.24) is 10.3 Å². The standard InChI is InChI=1S/C18H26N2/c1-13(2)17(14(3)4)12-19-11-15-7-8-18-16(10-15)6-5-9-20-18/h5-10,13-14,17,19H,11-12H2,1-4H3. The summed E-state index contributed by atoms with van der Waals surface area (Å²) in [7, 11) is 0. The van der Waals surface area contributed by atoms with Gasteiger partial charge in [-0.15, -0.1) is 0 Å². The van der Waals surface area contributed by atoms with E-state index in [1.165, 1.54) is 10.9 Å². The highest BCUT2D eigenvalue weighted by Crippen LogP contribution is 2.19. The summed E-state index contributed by atoms with van der Waals surface area (Å²) in [5.74, 6) is 2.18. The molecule has 2 nitrogen and oxygen atoms in total. The molecule has 0 aliphatic carbocycles. The average molecular weight is 270 g/mol. The largest absolute Gasteiger partial charge is 0.312 e. The number of nitrogens with zero attached hydrogens (tertiary/aromatic N) is 1. The summed E-state index contributed by atoms with van der Waals surface area (Å²) in [6, 6.07) is 10.6. The molecule has 0 fully saturated rings. The summed E-state index contributed by atoms with van der Waals surface area (Å²) in [5.41, 5.74) is 2.40. The fourth-order valence-corrected chi connectivity index (χ4v) is 2.86. The van der Waals surface area contributed by atoms with Crippen molar-refractivity contribution in [2.75, 3.05) is 6.54 Å². The molecule has 0 atom stereocenters. The van der Waals surface area contributed by atoms with Crippen LogP contribution in [0.3, 0.4) is 0 Å². The summed E-state index contributed by atoms with van der Waals surface area (Å²) in [6.45, 7) is 11.3. The Morgan fingerprint density at radius 2 is 1.80 bits per heavy atom. The van der Waals surface area contributed by atoms with Crippen molar-refractivity contribution in [2.24, 2.45) is 17.8 Å². The first kappa shape index (κ1) is 15.0. The van der Waals surface area contributed by atoms with E-state index in [-0.39, 0.29) is 0 Å². The van der Waals surface area contributed by atoms with Gasteiger partial charge in [0.1, 0.15) is 0 Å². The van der Waals surface area contributed by atoms with E-state index >= 15 is 0 Å². The maximum absolute atomic E-state index is 4.36. The predicted octanol–water partition coefficient (Wildman–Crippen LogP) is 4.25. The first-order chi connectivity index (χ1) is 9.58. The molecule has 0 radical (unpaired) electrons. The zero-order valence-electron chi connectivity index (χ0n) is 13.1. The second-order valence-electron chi connectivity index (χ2n) is 6.31. The van der Waals surface area contributed by atoms with E-state index in [1.54, 1.807) is 0 Å². The molecule has 0 unspecified atom stereocenters. The zero-order valence-corrected chi connectivity index (χ0v) is 13.1. The molecule has 0 amide bonds. The van der Waals surface area contributed by atoms with E-state index in [1.807, 2.05) is 12.3 Å². The molecular weight excluding hydrogens is 244 g/mol. The van der Waals surface area contributed by atoms with E-state index in [2.05, 4.69) is 62.3 Å². The van der Waals surface area contributed by atoms with Crippen LogP contribution in [0.4, 0.5) is 0 Å². The smallest absolute Gasteiger partial charge is 0.0702 e. The SMILES string of the molecule is CC(C)C(CNCc1ccc2ncccc2c1)C(C)C. The van der Waals surface area contributed by atoms with Gasteiger partial charge in [0.15, 0.2) is 0 Å². The Hall–Kier alpha value is -1.41. The molecule has 1 aromatic carbocycles. The first-order valence-electron chi connectivity index (χ1n) is 7.62. The topological polar surface area (TPSA) is 24.9 Å². The normalized spacial score (nSPS) is 11.9. The van der Waals surface area contributed by atoms with Gasteiger partial charge in [-0.1, -0.05) is 39.8 Å². The average Bonchev–Trinajstić information content (AvgIpc) is 2.42. The Labute approximate surface area is 122 Å². The van der Waals surface area contributed by atoms with Crippen molar-refractivity contribution in [3.8, 4) is 0 Å². The summed E-state index contributed by atoms with van der Waals surface area (Å²) in [6.07, 6.45) is 1.84. The van der Waals surface area contributed by atoms with Crippen LogP contribution in [0, 0.1) is 17.8 Å². The molecule has 0 saturated carbocycles. The number of fused-ring (bicyclic) bond motifs is 1. The predicted molar refractivity (Wildman–Crippen MR) is 86.6 cm³/mol. The van der Waals surface area contributed by atoms with Gasteiger partial charge in [0, 0.05) is 18.1 Å². The highest BCUT2D eigenvalue weighted by atomic mass is 14.9. The van der Waals surface area contributed by atoms with Crippen LogP contribution in [-0.4, -0.2) is 11.5 Å². The van der Waals surface area contributed by atoms with Gasteiger partial charge < -0.3 is 5.32 Å². The number of nitrogens with one attached hydrogen (secondary N) is 1. The highest BCUT2D eigenvalue weighted by Gasteiger charge is 2.16. The quantitative estimate of drug-likeness (QED) is 0.848. The van der Waals surface area contributed by atoms with Crippen LogP contribution in [-0.2, 0) is 6.54 Å². The van der Waals surface area contributed by atoms with Crippen molar-refractivity contribution in [3.63, 3.8) is 0 Å². The third-order valence-electron chi connectivity index (χ3n) is 4.09. The summed E-state index contributed by atoms with van der Waals surface area (Å²) in [5, 5.41) is 4.83. The van der Waals surface area contributed by atoms with Gasteiger partial charge in [-0.3, -0.25) is 4.98 Å². The minimum Gasteiger partial charge on any atom is -0.312 e. The van der Waals surface area contributed by atoms with Crippen molar-refractivity contribution < 1.29 is 0 Å². The molecule has 108 valence electrons. The van der Waals surface area contributed by atoms with Crippen LogP contribution in [0.1, 0.15) is 33.3 Å². The number of hydrogen-bond acceptors (Lipinski definition) is 2. The molecular formula is C18H26N2. The molecule has 1 aromatic heterocycles. The Morgan fingerprint density at radius 3 is 2.50 bits per heavy atom. The number of benzene rings is 1. The van der Waals surface area contributed by atoms with Gasteiger partial charge >= 0.3 is 0 Å². The van der Waals surface area contributed by atoms with Crippen LogP contribution in [0.25, 0.3) is 10.9 Å². The van der Waals surface area contributed by atoms with E-state index in [0.29, 0.717) is 0 Å². The first-order valence-corrected chi connectivity index (χ1v) is 7.62. The van der Waals surface area contributed by atoms with Gasteiger partial charge in [0.05, 0.1) is 5.52 Å². The van der Waals surface area contributed by atoms with Crippen molar-refractivity contribution >= 4 is 10.9 Å². The van der Waals surface area contributed by atoms with E-state index < -0.39 is 0 Å². The molecule has 2 rings (SSSR count). The summed E-state index contributed by atoms with van der Waals surface area (Å²) < 4.78 is 0. The molecule has 1 heterocycles. The van der Waals surface area contributed by atoms with E-state index in [4.69, 9.17) is 0 Å². The van der Waals surface area contributed by atoms with E-state index in [0.717, 1.165) is 36.4 Å². The monoisotopic (exact) mass is 270 g/mol. The highest BCUT2D eigenvalue weighted by molar-refractivity contribution is 5.78. The lowest BCUT2D eigenvalue weighted by Gasteiger charge is -2.25. The minimum atomic E-state index is 0.725. The lowest BCUT2D eigenvalue weighted by atomic mass is 9.85. The third-order valence-corrected chi connectivity index (χ3v) is 4.09. The fraction of sp³-hybridized carbons (Fsp3) is 0.500. The second kappa shape index (κ2) is 6.85. The van der Waals surface area contributed by atoms with Gasteiger partial charge in [0.25, 0.3) is 0 Å². The van der Waals surface area contributed by atoms with Gasteiger partial charge in [-0.25, -0.2) is 0 Å². The van der Waals surface area contributed by atoms with E-state index in [9.17, 15) is 0 Å². The lowest BCUT2D eigenvalue weighted by molar-refractivity contribution is 0.275. The zero-order chi connectivity index (χ0) is 14.5. The molecule has 0 aliphatic heterocycles. The van der Waals surface area contributed by atoms with Crippen molar-refractivity contribution in [2.45, 2.75) is 34.2 Å². The number of rotatable bonds is 6. The third kappa shape index (κ3) is 3.80. The molecule has 1 N–H and O–H groups in total. The van der Waals surface area contributed by atoms with Gasteiger partial charge in [-0.2, -0.15) is 0 Å². The Kier molecular flexibility index (Phi) is 5.13. The van der Waals surface area contributed by atoms with Gasteiger partial charge in [-0.05, 0) is 48.1 Å². The van der Waals surface area contributed by atoms with Crippen molar-refractivity contribution in [1.29, 1.82) is 0 Å². The summed E-state index contributed by atoms with van der Waals surface area (Å²) >= 11 is 0. The van der Waals surface area contributed by atoms with Crippen LogP contribution in [0.15, 0.2) is 36.5 Å². The van der Waals surface area contributed by atoms with Crippen LogP contribution < -0.4 is 5.32 Å². The molecule has 20 heavy (non-hydrogen) atoms. The lowest BCUT2D eigenvalue weighted by Crippen LogP contribution is -2.29. The van der Waals surface area contributed by atoms with Gasteiger partial charge in [0.2, 0.25) is 0 Å². The molecule has 0 bridgehead atoms.